The molecule has 0 spiro atoms. The lowest BCUT2D eigenvalue weighted by Gasteiger charge is -2.24. The van der Waals surface area contributed by atoms with Gasteiger partial charge in [0.1, 0.15) is 0 Å². The number of likely N-dealkylation sites (tertiary alicyclic amines) is 2. The second-order valence-corrected chi connectivity index (χ2v) is 5.55. The molecule has 2 aliphatic heterocycles. The van der Waals surface area contributed by atoms with E-state index in [-0.39, 0.29) is 23.9 Å². The van der Waals surface area contributed by atoms with Crippen LogP contribution in [0.2, 0.25) is 0 Å². The third-order valence-corrected chi connectivity index (χ3v) is 4.32. The van der Waals surface area contributed by atoms with E-state index in [0.717, 1.165) is 18.7 Å². The van der Waals surface area contributed by atoms with E-state index in [9.17, 15) is 9.59 Å². The van der Waals surface area contributed by atoms with Gasteiger partial charge in [0.2, 0.25) is 11.8 Å². The Balaban J connectivity index is 1.69. The minimum atomic E-state index is 0.0219. The molecule has 1 aromatic heterocycles. The Morgan fingerprint density at radius 1 is 1.43 bits per heavy atom. The van der Waals surface area contributed by atoms with Crippen LogP contribution in [0.25, 0.3) is 0 Å². The predicted octanol–water partition coefficient (Wildman–Crippen LogP) is 1.01. The van der Waals surface area contributed by atoms with Gasteiger partial charge in [-0.2, -0.15) is 0 Å². The van der Waals surface area contributed by atoms with Gasteiger partial charge in [-0.05, 0) is 18.6 Å². The number of aromatic nitrogens is 1. The first kappa shape index (κ1) is 13.8. The molecule has 0 aliphatic carbocycles. The van der Waals surface area contributed by atoms with Crippen LogP contribution in [0.1, 0.15) is 18.5 Å². The fraction of sp³-hybridized carbons (Fsp3) is 0.438. The summed E-state index contributed by atoms with van der Waals surface area (Å²) in [6.07, 6.45) is 5.04. The second-order valence-electron chi connectivity index (χ2n) is 5.55. The van der Waals surface area contributed by atoms with E-state index in [1.54, 1.807) is 12.3 Å². The number of fused-ring (bicyclic) bond motifs is 1. The van der Waals surface area contributed by atoms with Gasteiger partial charge in [-0.25, -0.2) is 0 Å². The van der Waals surface area contributed by atoms with Crippen LogP contribution in [0, 0.1) is 0 Å². The number of hydrogen-bond donors (Lipinski definition) is 0. The summed E-state index contributed by atoms with van der Waals surface area (Å²) < 4.78 is 0. The molecule has 2 saturated heterocycles. The number of nitrogens with zero attached hydrogens (tertiary/aromatic N) is 3. The predicted molar refractivity (Wildman–Crippen MR) is 78.4 cm³/mol. The van der Waals surface area contributed by atoms with Crippen LogP contribution in [-0.2, 0) is 16.0 Å². The van der Waals surface area contributed by atoms with Crippen molar-refractivity contribution in [1.29, 1.82) is 0 Å². The number of rotatable bonds is 4. The minimum absolute atomic E-state index is 0.0219. The minimum Gasteiger partial charge on any atom is -0.337 e. The summed E-state index contributed by atoms with van der Waals surface area (Å²) in [5.74, 6) is 0.190. The van der Waals surface area contributed by atoms with E-state index < -0.39 is 0 Å². The molecule has 0 saturated carbocycles. The van der Waals surface area contributed by atoms with Crippen LogP contribution in [0.15, 0.2) is 37.1 Å². The largest absolute Gasteiger partial charge is 0.337 e. The summed E-state index contributed by atoms with van der Waals surface area (Å²) in [6.45, 7) is 5.00. The van der Waals surface area contributed by atoms with Gasteiger partial charge in [-0.3, -0.25) is 14.6 Å². The van der Waals surface area contributed by atoms with Gasteiger partial charge in [0, 0.05) is 31.4 Å². The molecular formula is C16H19N3O2. The van der Waals surface area contributed by atoms with E-state index in [1.807, 2.05) is 28.0 Å². The van der Waals surface area contributed by atoms with E-state index in [4.69, 9.17) is 0 Å². The molecule has 3 rings (SSSR count). The van der Waals surface area contributed by atoms with E-state index in [0.29, 0.717) is 19.4 Å². The highest BCUT2D eigenvalue weighted by molar-refractivity contribution is 5.84. The molecule has 1 aromatic rings. The number of hydrogen-bond acceptors (Lipinski definition) is 3. The standard InChI is InChI=1S/C16H19N3O2/c1-2-8-18-13-6-9-19(14(13)11-16(18)21)15(20)10-12-5-3-4-7-17-12/h2-5,7,13-14H,1,6,8-11H2/t13-,14+/m1/s1. The third-order valence-electron chi connectivity index (χ3n) is 4.32. The lowest BCUT2D eigenvalue weighted by Crippen LogP contribution is -2.40. The molecular weight excluding hydrogens is 266 g/mol. The first-order valence-corrected chi connectivity index (χ1v) is 7.30. The van der Waals surface area contributed by atoms with Gasteiger partial charge in [0.15, 0.2) is 0 Å². The SMILES string of the molecule is C=CCN1C(=O)C[C@H]2[C@H]1CCN2C(=O)Cc1ccccn1. The molecule has 3 heterocycles. The Kier molecular flexibility index (Phi) is 3.73. The van der Waals surface area contributed by atoms with Crippen LogP contribution < -0.4 is 0 Å². The summed E-state index contributed by atoms with van der Waals surface area (Å²) in [7, 11) is 0. The van der Waals surface area contributed by atoms with Crippen molar-refractivity contribution in [3.05, 3.63) is 42.7 Å². The smallest absolute Gasteiger partial charge is 0.228 e. The molecule has 0 bridgehead atoms. The van der Waals surface area contributed by atoms with Gasteiger partial charge in [0.25, 0.3) is 0 Å². The highest BCUT2D eigenvalue weighted by Crippen LogP contribution is 2.32. The molecule has 2 aliphatic rings. The van der Waals surface area contributed by atoms with Gasteiger partial charge >= 0.3 is 0 Å². The molecule has 0 radical (unpaired) electrons. The Hall–Kier alpha value is -2.17. The average Bonchev–Trinajstić information content (AvgIpc) is 3.01. The van der Waals surface area contributed by atoms with Crippen molar-refractivity contribution in [1.82, 2.24) is 14.8 Å². The van der Waals surface area contributed by atoms with Gasteiger partial charge in [-0.1, -0.05) is 12.1 Å². The zero-order valence-corrected chi connectivity index (χ0v) is 11.9. The maximum absolute atomic E-state index is 12.5. The lowest BCUT2D eigenvalue weighted by atomic mass is 10.1. The van der Waals surface area contributed by atoms with Crippen molar-refractivity contribution in [3.63, 3.8) is 0 Å². The van der Waals surface area contributed by atoms with E-state index in [2.05, 4.69) is 11.6 Å². The molecule has 2 amide bonds. The molecule has 5 nitrogen and oxygen atoms in total. The molecule has 0 unspecified atom stereocenters. The molecule has 5 heteroatoms. The Bertz CT molecular complexity index is 558. The second kappa shape index (κ2) is 5.68. The highest BCUT2D eigenvalue weighted by atomic mass is 16.2. The Morgan fingerprint density at radius 2 is 2.29 bits per heavy atom. The van der Waals surface area contributed by atoms with Crippen molar-refractivity contribution in [2.45, 2.75) is 31.3 Å². The van der Waals surface area contributed by atoms with E-state index >= 15 is 0 Å². The van der Waals surface area contributed by atoms with Crippen LogP contribution in [0.5, 0.6) is 0 Å². The summed E-state index contributed by atoms with van der Waals surface area (Å²) in [6, 6.07) is 5.75. The number of carbonyl (C=O) groups excluding carboxylic acids is 2. The molecule has 2 atom stereocenters. The normalized spacial score (nSPS) is 24.3. The molecule has 2 fully saturated rings. The lowest BCUT2D eigenvalue weighted by molar-refractivity contribution is -0.131. The van der Waals surface area contributed by atoms with E-state index in [1.165, 1.54) is 0 Å². The van der Waals surface area contributed by atoms with Crippen LogP contribution in [0.4, 0.5) is 0 Å². The maximum atomic E-state index is 12.5. The zero-order chi connectivity index (χ0) is 14.8. The first-order chi connectivity index (χ1) is 10.2. The fourth-order valence-electron chi connectivity index (χ4n) is 3.37. The molecule has 0 N–H and O–H groups in total. The highest BCUT2D eigenvalue weighted by Gasteiger charge is 2.47. The fourth-order valence-corrected chi connectivity index (χ4v) is 3.37. The monoisotopic (exact) mass is 285 g/mol. The quantitative estimate of drug-likeness (QED) is 0.776. The number of pyridine rings is 1. The third kappa shape index (κ3) is 2.55. The number of amides is 2. The summed E-state index contributed by atoms with van der Waals surface area (Å²) in [5.41, 5.74) is 0.776. The van der Waals surface area contributed by atoms with Crippen LogP contribution in [-0.4, -0.2) is 51.8 Å². The Labute approximate surface area is 124 Å². The van der Waals surface area contributed by atoms with Crippen molar-refractivity contribution in [2.24, 2.45) is 0 Å². The van der Waals surface area contributed by atoms with Gasteiger partial charge < -0.3 is 9.80 Å². The summed E-state index contributed by atoms with van der Waals surface area (Å²) in [5, 5.41) is 0. The van der Waals surface area contributed by atoms with Gasteiger partial charge in [0.05, 0.1) is 18.5 Å². The first-order valence-electron chi connectivity index (χ1n) is 7.30. The number of carbonyl (C=O) groups is 2. The Morgan fingerprint density at radius 3 is 3.00 bits per heavy atom. The molecule has 0 aromatic carbocycles. The summed E-state index contributed by atoms with van der Waals surface area (Å²) in [4.78, 5) is 32.4. The maximum Gasteiger partial charge on any atom is 0.228 e. The van der Waals surface area contributed by atoms with Crippen LogP contribution >= 0.6 is 0 Å². The topological polar surface area (TPSA) is 53.5 Å². The van der Waals surface area contributed by atoms with Crippen molar-refractivity contribution in [2.75, 3.05) is 13.1 Å². The average molecular weight is 285 g/mol. The van der Waals surface area contributed by atoms with Crippen molar-refractivity contribution in [3.8, 4) is 0 Å². The zero-order valence-electron chi connectivity index (χ0n) is 11.9. The molecule has 21 heavy (non-hydrogen) atoms. The van der Waals surface area contributed by atoms with Crippen LogP contribution in [0.3, 0.4) is 0 Å². The van der Waals surface area contributed by atoms with Crippen molar-refractivity contribution >= 4 is 11.8 Å². The molecule has 110 valence electrons. The summed E-state index contributed by atoms with van der Waals surface area (Å²) >= 11 is 0. The van der Waals surface area contributed by atoms with Gasteiger partial charge in [-0.15, -0.1) is 6.58 Å². The van der Waals surface area contributed by atoms with Crippen molar-refractivity contribution < 1.29 is 9.59 Å².